The number of carbonyl (C=O) groups excluding carboxylic acids is 2. The molecule has 1 atom stereocenters. The minimum Gasteiger partial charge on any atom is -0.321 e. The number of rotatable bonds is 9. The molecule has 1 fully saturated rings. The smallest absolute Gasteiger partial charge is 0.321 e. The van der Waals surface area contributed by atoms with Crippen molar-refractivity contribution in [3.8, 4) is 0 Å². The zero-order valence-corrected chi connectivity index (χ0v) is 22.9. The molecule has 7 heteroatoms. The first-order chi connectivity index (χ1) is 17.9. The van der Waals surface area contributed by atoms with Gasteiger partial charge in [0.15, 0.2) is 0 Å². The molecule has 37 heavy (non-hydrogen) atoms. The lowest BCUT2D eigenvalue weighted by Crippen LogP contribution is -2.46. The Kier molecular flexibility index (Phi) is 9.41. The van der Waals surface area contributed by atoms with E-state index in [9.17, 15) is 14.5 Å². The normalized spacial score (nSPS) is 19.6. The molecule has 1 aromatic carbocycles. The highest BCUT2D eigenvalue weighted by molar-refractivity contribution is 8.01. The van der Waals surface area contributed by atoms with Gasteiger partial charge in [-0.3, -0.25) is 4.79 Å². The van der Waals surface area contributed by atoms with Gasteiger partial charge >= 0.3 is 11.9 Å². The molecule has 4 rings (SSSR count). The third-order valence-corrected chi connectivity index (χ3v) is 8.90. The van der Waals surface area contributed by atoms with Crippen LogP contribution in [0.4, 0.5) is 4.79 Å². The monoisotopic (exact) mass is 521 g/mol. The molecule has 0 aliphatic heterocycles. The molecule has 1 N–H and O–H groups in total. The van der Waals surface area contributed by atoms with Gasteiger partial charge in [-0.15, -0.1) is 16.7 Å². The highest BCUT2D eigenvalue weighted by atomic mass is 32.2. The quantitative estimate of drug-likeness (QED) is 0.278. The number of hydrogen-bond acceptors (Lipinski definition) is 4. The Hall–Kier alpha value is -2.67. The minimum absolute atomic E-state index is 0.0361. The molecule has 0 bridgehead atoms. The van der Waals surface area contributed by atoms with Crippen LogP contribution in [0.2, 0.25) is 0 Å². The van der Waals surface area contributed by atoms with Crippen LogP contribution in [0.25, 0.3) is 0 Å². The summed E-state index contributed by atoms with van der Waals surface area (Å²) in [5, 5.41) is 5.77. The summed E-state index contributed by atoms with van der Waals surface area (Å²) in [6.07, 6.45) is 21.4. The maximum Gasteiger partial charge on any atom is 0.322 e. The molecule has 0 aromatic heterocycles. The standard InChI is InChI=1S/C30H39N3O3S/c1-30(2,28(34)32-36)37-27-17-16-23-19-26(20-24(23)21-27)33(18-10-13-22-11-6-5-7-12-22)29(35)31-25-14-8-3-4-9-15-25/h3,8-9,14-17,21-22,26H,4-7,10-13,18-20H2,1-2H3,(H,31,35). The number of hydrogen-bond donors (Lipinski definition) is 1. The van der Waals surface area contributed by atoms with E-state index in [0.717, 1.165) is 48.7 Å². The molecule has 0 radical (unpaired) electrons. The van der Waals surface area contributed by atoms with Gasteiger partial charge in [0.05, 0.1) is 4.75 Å². The van der Waals surface area contributed by atoms with Gasteiger partial charge in [-0.05, 0) is 87.3 Å². The predicted octanol–water partition coefficient (Wildman–Crippen LogP) is 7.09. The molecule has 3 amide bonds. The molecule has 0 heterocycles. The third kappa shape index (κ3) is 7.44. The van der Waals surface area contributed by atoms with Crippen molar-refractivity contribution in [3.63, 3.8) is 0 Å². The first kappa shape index (κ1) is 27.4. The predicted molar refractivity (Wildman–Crippen MR) is 150 cm³/mol. The summed E-state index contributed by atoms with van der Waals surface area (Å²) < 4.78 is -0.909. The highest BCUT2D eigenvalue weighted by Gasteiger charge is 2.33. The Morgan fingerprint density at radius 3 is 2.68 bits per heavy atom. The SMILES string of the molecule is CC(C)(Sc1ccc2c(c1)CC(N(CCCC1CCCCC1)C(=O)NC1=CC=CCC=C1)C2)C(=O)N=O. The molecule has 3 aliphatic rings. The molecule has 1 saturated carbocycles. The number of benzene rings is 1. The van der Waals surface area contributed by atoms with Crippen LogP contribution in [0.5, 0.6) is 0 Å². The lowest BCUT2D eigenvalue weighted by atomic mass is 9.86. The van der Waals surface area contributed by atoms with E-state index < -0.39 is 10.7 Å². The molecule has 1 aromatic rings. The van der Waals surface area contributed by atoms with Crippen molar-refractivity contribution >= 4 is 23.7 Å². The second-order valence-corrected chi connectivity index (χ2v) is 12.7. The number of urea groups is 1. The number of carbonyl (C=O) groups is 2. The van der Waals surface area contributed by atoms with Crippen molar-refractivity contribution < 1.29 is 9.59 Å². The summed E-state index contributed by atoms with van der Waals surface area (Å²) >= 11 is 1.36. The van der Waals surface area contributed by atoms with E-state index in [2.05, 4.69) is 34.8 Å². The van der Waals surface area contributed by atoms with E-state index >= 15 is 0 Å². The van der Waals surface area contributed by atoms with Crippen molar-refractivity contribution in [2.75, 3.05) is 6.54 Å². The first-order valence-electron chi connectivity index (χ1n) is 13.7. The van der Waals surface area contributed by atoms with E-state index in [1.807, 2.05) is 29.2 Å². The maximum atomic E-state index is 13.5. The highest BCUT2D eigenvalue weighted by Crippen LogP contribution is 2.37. The number of thioether (sulfide) groups is 1. The van der Waals surface area contributed by atoms with E-state index in [1.54, 1.807) is 13.8 Å². The number of allylic oxidation sites excluding steroid dienone is 5. The van der Waals surface area contributed by atoms with Crippen molar-refractivity contribution in [3.05, 3.63) is 70.3 Å². The first-order valence-corrected chi connectivity index (χ1v) is 14.5. The topological polar surface area (TPSA) is 78.8 Å². The summed E-state index contributed by atoms with van der Waals surface area (Å²) in [6, 6.07) is 6.28. The van der Waals surface area contributed by atoms with Crippen molar-refractivity contribution in [1.82, 2.24) is 10.2 Å². The van der Waals surface area contributed by atoms with Gasteiger partial charge in [0.1, 0.15) is 0 Å². The van der Waals surface area contributed by atoms with Crippen LogP contribution >= 0.6 is 11.8 Å². The molecular formula is C30H39N3O3S. The van der Waals surface area contributed by atoms with Gasteiger partial charge in [0, 0.05) is 28.4 Å². The Bertz CT molecular complexity index is 1090. The summed E-state index contributed by atoms with van der Waals surface area (Å²) in [6.45, 7) is 4.20. The van der Waals surface area contributed by atoms with Gasteiger partial charge in [-0.25, -0.2) is 4.79 Å². The van der Waals surface area contributed by atoms with Gasteiger partial charge in [0.25, 0.3) is 0 Å². The Morgan fingerprint density at radius 1 is 1.11 bits per heavy atom. The summed E-state index contributed by atoms with van der Waals surface area (Å²) in [7, 11) is 0. The van der Waals surface area contributed by atoms with Gasteiger partial charge in [0.2, 0.25) is 0 Å². The summed E-state index contributed by atoms with van der Waals surface area (Å²) in [5.74, 6) is 0.136. The second kappa shape index (κ2) is 12.7. The fraction of sp³-hybridized carbons (Fsp3) is 0.533. The van der Waals surface area contributed by atoms with Crippen LogP contribution in [0.3, 0.4) is 0 Å². The maximum absolute atomic E-state index is 13.5. The lowest BCUT2D eigenvalue weighted by Gasteiger charge is -2.30. The van der Waals surface area contributed by atoms with Crippen molar-refractivity contribution in [2.24, 2.45) is 11.1 Å². The average Bonchev–Trinajstić information content (AvgIpc) is 3.13. The van der Waals surface area contributed by atoms with E-state index in [0.29, 0.717) is 0 Å². The number of fused-ring (bicyclic) bond motifs is 1. The zero-order valence-electron chi connectivity index (χ0n) is 22.1. The Morgan fingerprint density at radius 2 is 1.89 bits per heavy atom. The minimum atomic E-state index is -0.909. The average molecular weight is 522 g/mol. The number of nitrogens with one attached hydrogen (secondary N) is 1. The van der Waals surface area contributed by atoms with E-state index in [1.165, 1.54) is 61.4 Å². The molecular weight excluding hydrogens is 482 g/mol. The molecule has 6 nitrogen and oxygen atoms in total. The molecule has 1 unspecified atom stereocenters. The number of nitroso groups, excluding NO2 is 1. The van der Waals surface area contributed by atoms with Crippen LogP contribution in [-0.2, 0) is 17.6 Å². The Balaban J connectivity index is 1.45. The largest absolute Gasteiger partial charge is 0.322 e. The molecule has 0 saturated heterocycles. The van der Waals surface area contributed by atoms with Crippen LogP contribution in [0.1, 0.15) is 76.3 Å². The molecule has 3 aliphatic carbocycles. The second-order valence-electron chi connectivity index (χ2n) is 11.0. The van der Waals surface area contributed by atoms with Crippen LogP contribution in [0.15, 0.2) is 64.3 Å². The summed E-state index contributed by atoms with van der Waals surface area (Å²) in [5.41, 5.74) is 3.27. The van der Waals surface area contributed by atoms with E-state index in [4.69, 9.17) is 0 Å². The third-order valence-electron chi connectivity index (χ3n) is 7.73. The Labute approximate surface area is 225 Å². The van der Waals surface area contributed by atoms with Crippen LogP contribution in [0, 0.1) is 10.8 Å². The van der Waals surface area contributed by atoms with E-state index in [-0.39, 0.29) is 12.1 Å². The van der Waals surface area contributed by atoms with Crippen LogP contribution in [-0.4, -0.2) is 34.2 Å². The lowest BCUT2D eigenvalue weighted by molar-refractivity contribution is -0.119. The number of nitrogens with zero attached hydrogens (tertiary/aromatic N) is 2. The summed E-state index contributed by atoms with van der Waals surface area (Å²) in [4.78, 5) is 39.2. The molecule has 198 valence electrons. The van der Waals surface area contributed by atoms with Crippen LogP contribution < -0.4 is 5.32 Å². The van der Waals surface area contributed by atoms with Gasteiger partial charge < -0.3 is 10.2 Å². The number of amides is 3. The fourth-order valence-electron chi connectivity index (χ4n) is 5.64. The zero-order chi connectivity index (χ0) is 26.3. The fourth-order valence-corrected chi connectivity index (χ4v) is 6.69. The molecule has 0 spiro atoms. The van der Waals surface area contributed by atoms with Crippen molar-refractivity contribution in [2.45, 2.75) is 93.7 Å². The van der Waals surface area contributed by atoms with Gasteiger partial charge in [-0.1, -0.05) is 56.4 Å². The van der Waals surface area contributed by atoms with Crippen molar-refractivity contribution in [1.29, 1.82) is 0 Å². The van der Waals surface area contributed by atoms with Gasteiger partial charge in [-0.2, -0.15) is 0 Å².